The average Bonchev–Trinajstić information content (AvgIpc) is 2.81. The first-order chi connectivity index (χ1) is 9.68. The molecule has 0 bridgehead atoms. The van der Waals surface area contributed by atoms with Gasteiger partial charge in [0, 0.05) is 13.7 Å². The number of aromatic carboxylic acids is 1. The summed E-state index contributed by atoms with van der Waals surface area (Å²) >= 11 is 0. The minimum absolute atomic E-state index is 0.204. The zero-order valence-electron chi connectivity index (χ0n) is 11.5. The lowest BCUT2D eigenvalue weighted by atomic mass is 10.1. The lowest BCUT2D eigenvalue weighted by Crippen LogP contribution is -2.07. The van der Waals surface area contributed by atoms with Gasteiger partial charge in [-0.1, -0.05) is 30.3 Å². The van der Waals surface area contributed by atoms with Crippen molar-refractivity contribution in [3.8, 4) is 0 Å². The molecule has 0 saturated carbocycles. The van der Waals surface area contributed by atoms with Gasteiger partial charge in [0.15, 0.2) is 0 Å². The smallest absolute Gasteiger partial charge is 0.339 e. The minimum Gasteiger partial charge on any atom is -0.478 e. The average molecular weight is 274 g/mol. The SMILES string of the molecule is Cn1ncc(C(=O)O)c1COCCCc1ccccc1. The summed E-state index contributed by atoms with van der Waals surface area (Å²) in [5, 5.41) is 13.0. The summed E-state index contributed by atoms with van der Waals surface area (Å²) in [7, 11) is 1.72. The van der Waals surface area contributed by atoms with Gasteiger partial charge < -0.3 is 9.84 Å². The van der Waals surface area contributed by atoms with Gasteiger partial charge in [-0.3, -0.25) is 4.68 Å². The number of carboxylic acids is 1. The molecule has 5 nitrogen and oxygen atoms in total. The van der Waals surface area contributed by atoms with Gasteiger partial charge in [-0.05, 0) is 18.4 Å². The van der Waals surface area contributed by atoms with Gasteiger partial charge in [0.1, 0.15) is 5.56 Å². The van der Waals surface area contributed by atoms with Crippen LogP contribution in [0.15, 0.2) is 36.5 Å². The van der Waals surface area contributed by atoms with Gasteiger partial charge in [0.05, 0.1) is 18.5 Å². The van der Waals surface area contributed by atoms with Crippen LogP contribution < -0.4 is 0 Å². The van der Waals surface area contributed by atoms with Gasteiger partial charge in [-0.2, -0.15) is 5.10 Å². The van der Waals surface area contributed by atoms with E-state index in [0.717, 1.165) is 12.8 Å². The van der Waals surface area contributed by atoms with E-state index in [2.05, 4.69) is 17.2 Å². The Morgan fingerprint density at radius 1 is 1.35 bits per heavy atom. The maximum absolute atomic E-state index is 11.0. The summed E-state index contributed by atoms with van der Waals surface area (Å²) in [6, 6.07) is 10.2. The number of carboxylic acid groups (broad SMARTS) is 1. The number of benzene rings is 1. The molecule has 1 aromatic heterocycles. The van der Waals surface area contributed by atoms with Crippen molar-refractivity contribution >= 4 is 5.97 Å². The van der Waals surface area contributed by atoms with Crippen molar-refractivity contribution in [2.45, 2.75) is 19.4 Å². The van der Waals surface area contributed by atoms with E-state index in [1.54, 1.807) is 11.7 Å². The number of ether oxygens (including phenoxy) is 1. The Kier molecular flexibility index (Phi) is 4.90. The van der Waals surface area contributed by atoms with Gasteiger partial charge >= 0.3 is 5.97 Å². The number of aryl methyl sites for hydroxylation is 2. The predicted octanol–water partition coefficient (Wildman–Crippen LogP) is 2.27. The third-order valence-electron chi connectivity index (χ3n) is 3.13. The molecule has 0 aliphatic rings. The van der Waals surface area contributed by atoms with E-state index in [4.69, 9.17) is 9.84 Å². The first kappa shape index (κ1) is 14.3. The quantitative estimate of drug-likeness (QED) is 0.787. The van der Waals surface area contributed by atoms with Gasteiger partial charge in [0.25, 0.3) is 0 Å². The fraction of sp³-hybridized carbons (Fsp3) is 0.333. The molecule has 0 amide bonds. The van der Waals surface area contributed by atoms with Crippen molar-refractivity contribution in [3.63, 3.8) is 0 Å². The van der Waals surface area contributed by atoms with E-state index in [9.17, 15) is 4.79 Å². The van der Waals surface area contributed by atoms with Crippen molar-refractivity contribution in [2.75, 3.05) is 6.61 Å². The Hall–Kier alpha value is -2.14. The number of aromatic nitrogens is 2. The Morgan fingerprint density at radius 2 is 2.10 bits per heavy atom. The first-order valence-electron chi connectivity index (χ1n) is 6.54. The molecule has 0 aliphatic heterocycles. The maximum Gasteiger partial charge on any atom is 0.339 e. The standard InChI is InChI=1S/C15H18N2O3/c1-17-14(13(10-16-17)15(18)19)11-20-9-5-8-12-6-3-2-4-7-12/h2-4,6-7,10H,5,8-9,11H2,1H3,(H,18,19). The van der Waals surface area contributed by atoms with Crippen LogP contribution in [0.2, 0.25) is 0 Å². The molecule has 5 heteroatoms. The largest absolute Gasteiger partial charge is 0.478 e. The van der Waals surface area contributed by atoms with E-state index < -0.39 is 5.97 Å². The molecule has 0 unspecified atom stereocenters. The van der Waals surface area contributed by atoms with Gasteiger partial charge in [-0.15, -0.1) is 0 Å². The number of nitrogens with zero attached hydrogens (tertiary/aromatic N) is 2. The number of carbonyl (C=O) groups is 1. The summed E-state index contributed by atoms with van der Waals surface area (Å²) in [4.78, 5) is 11.0. The summed E-state index contributed by atoms with van der Waals surface area (Å²) in [5.74, 6) is -0.971. The van der Waals surface area contributed by atoms with Crippen LogP contribution in [0.1, 0.15) is 28.0 Å². The van der Waals surface area contributed by atoms with Gasteiger partial charge in [0.2, 0.25) is 0 Å². The predicted molar refractivity (Wildman–Crippen MR) is 74.6 cm³/mol. The van der Waals surface area contributed by atoms with Crippen molar-refractivity contribution < 1.29 is 14.6 Å². The molecule has 0 atom stereocenters. The summed E-state index contributed by atoms with van der Waals surface area (Å²) in [6.45, 7) is 0.867. The third kappa shape index (κ3) is 3.68. The second-order valence-electron chi connectivity index (χ2n) is 4.58. The van der Waals surface area contributed by atoms with E-state index in [1.807, 2.05) is 18.2 Å². The molecule has 1 heterocycles. The van der Waals surface area contributed by atoms with E-state index in [0.29, 0.717) is 12.3 Å². The minimum atomic E-state index is -0.971. The normalized spacial score (nSPS) is 10.7. The van der Waals surface area contributed by atoms with Crippen LogP contribution in [0.3, 0.4) is 0 Å². The lowest BCUT2D eigenvalue weighted by molar-refractivity contribution is 0.0685. The van der Waals surface area contributed by atoms with Crippen LogP contribution in [0.5, 0.6) is 0 Å². The molecule has 2 rings (SSSR count). The molecule has 1 aromatic carbocycles. The summed E-state index contributed by atoms with van der Waals surface area (Å²) < 4.78 is 7.09. The number of hydrogen-bond donors (Lipinski definition) is 1. The molecule has 0 radical (unpaired) electrons. The highest BCUT2D eigenvalue weighted by atomic mass is 16.5. The third-order valence-corrected chi connectivity index (χ3v) is 3.13. The highest BCUT2D eigenvalue weighted by Crippen LogP contribution is 2.09. The van der Waals surface area contributed by atoms with Gasteiger partial charge in [-0.25, -0.2) is 4.79 Å². The fourth-order valence-corrected chi connectivity index (χ4v) is 2.00. The second kappa shape index (κ2) is 6.86. The van der Waals surface area contributed by atoms with E-state index in [-0.39, 0.29) is 12.2 Å². The summed E-state index contributed by atoms with van der Waals surface area (Å²) in [6.07, 6.45) is 3.22. The topological polar surface area (TPSA) is 64.4 Å². The van der Waals surface area contributed by atoms with Crippen molar-refractivity contribution in [1.82, 2.24) is 9.78 Å². The Morgan fingerprint density at radius 3 is 2.80 bits per heavy atom. The molecular weight excluding hydrogens is 256 g/mol. The fourth-order valence-electron chi connectivity index (χ4n) is 2.00. The Labute approximate surface area is 117 Å². The molecule has 20 heavy (non-hydrogen) atoms. The Bertz CT molecular complexity index is 564. The van der Waals surface area contributed by atoms with E-state index >= 15 is 0 Å². The summed E-state index contributed by atoms with van der Waals surface area (Å²) in [5.41, 5.74) is 2.08. The maximum atomic E-state index is 11.0. The van der Waals surface area contributed by atoms with Crippen LogP contribution in [-0.2, 0) is 24.8 Å². The number of hydrogen-bond acceptors (Lipinski definition) is 3. The highest BCUT2D eigenvalue weighted by Gasteiger charge is 2.14. The van der Waals surface area contributed by atoms with Crippen LogP contribution in [-0.4, -0.2) is 27.5 Å². The molecule has 0 saturated heterocycles. The van der Waals surface area contributed by atoms with Crippen LogP contribution >= 0.6 is 0 Å². The molecule has 0 fully saturated rings. The Balaban J connectivity index is 1.76. The van der Waals surface area contributed by atoms with Crippen LogP contribution in [0.25, 0.3) is 0 Å². The highest BCUT2D eigenvalue weighted by molar-refractivity contribution is 5.88. The molecular formula is C15H18N2O3. The molecule has 2 aromatic rings. The van der Waals surface area contributed by atoms with Crippen LogP contribution in [0, 0.1) is 0 Å². The monoisotopic (exact) mass is 274 g/mol. The molecule has 0 aliphatic carbocycles. The van der Waals surface area contributed by atoms with Crippen LogP contribution in [0.4, 0.5) is 0 Å². The van der Waals surface area contributed by atoms with Crippen molar-refractivity contribution in [2.24, 2.45) is 7.05 Å². The zero-order valence-corrected chi connectivity index (χ0v) is 11.5. The second-order valence-corrected chi connectivity index (χ2v) is 4.58. The van der Waals surface area contributed by atoms with Crippen molar-refractivity contribution in [3.05, 3.63) is 53.3 Å². The molecule has 1 N–H and O–H groups in total. The first-order valence-corrected chi connectivity index (χ1v) is 6.54. The number of rotatable bonds is 7. The lowest BCUT2D eigenvalue weighted by Gasteiger charge is -2.06. The molecule has 0 spiro atoms. The zero-order chi connectivity index (χ0) is 14.4. The molecule has 106 valence electrons. The van der Waals surface area contributed by atoms with E-state index in [1.165, 1.54) is 11.8 Å². The van der Waals surface area contributed by atoms with Crippen molar-refractivity contribution in [1.29, 1.82) is 0 Å².